The van der Waals surface area contributed by atoms with Crippen molar-refractivity contribution < 1.29 is 4.79 Å². The third-order valence-corrected chi connectivity index (χ3v) is 4.53. The molecule has 24 heavy (non-hydrogen) atoms. The van der Waals surface area contributed by atoms with Crippen LogP contribution in [-0.2, 0) is 17.9 Å². The molecule has 0 spiro atoms. The van der Waals surface area contributed by atoms with Gasteiger partial charge in [0, 0.05) is 44.3 Å². The smallest absolute Gasteiger partial charge is 0.222 e. The van der Waals surface area contributed by atoms with Gasteiger partial charge in [0.1, 0.15) is 0 Å². The Hall–Kier alpha value is -2.40. The summed E-state index contributed by atoms with van der Waals surface area (Å²) in [6, 6.07) is 12.6. The van der Waals surface area contributed by atoms with Gasteiger partial charge < -0.3 is 16.0 Å². The Labute approximate surface area is 142 Å². The number of amides is 1. The molecule has 3 N–H and O–H groups in total. The molecular formula is C19H24N4O. The quantitative estimate of drug-likeness (QED) is 0.853. The summed E-state index contributed by atoms with van der Waals surface area (Å²) < 4.78 is 0. The van der Waals surface area contributed by atoms with E-state index in [1.54, 1.807) is 0 Å². The molecule has 0 bridgehead atoms. The number of piperidine rings is 1. The lowest BCUT2D eigenvalue weighted by Crippen LogP contribution is -2.41. The number of benzene rings is 1. The van der Waals surface area contributed by atoms with Crippen LogP contribution in [0.3, 0.4) is 0 Å². The number of carbonyl (C=O) groups is 1. The summed E-state index contributed by atoms with van der Waals surface area (Å²) in [7, 11) is 0. The van der Waals surface area contributed by atoms with Crippen molar-refractivity contribution >= 4 is 11.6 Å². The first-order valence-electron chi connectivity index (χ1n) is 8.45. The molecule has 1 saturated heterocycles. The monoisotopic (exact) mass is 324 g/mol. The fourth-order valence-corrected chi connectivity index (χ4v) is 3.12. The first kappa shape index (κ1) is 16.5. The molecule has 0 unspecified atom stereocenters. The molecule has 1 aliphatic rings. The zero-order valence-corrected chi connectivity index (χ0v) is 13.8. The summed E-state index contributed by atoms with van der Waals surface area (Å²) in [6.07, 6.45) is 5.54. The lowest BCUT2D eigenvalue weighted by molar-refractivity contribution is -0.122. The standard InChI is InChI=1S/C19H24N4O/c20-19(24)17-2-1-11-23(14-17)18-5-3-15(4-6-18)12-22-13-16-7-9-21-10-8-16/h3-10,17,22H,1-2,11-14H2,(H2,20,24)/t17-/m0/s1. The molecule has 1 aromatic carbocycles. The zero-order chi connectivity index (χ0) is 16.8. The molecule has 0 radical (unpaired) electrons. The minimum Gasteiger partial charge on any atom is -0.371 e. The van der Waals surface area contributed by atoms with Crippen molar-refractivity contribution in [3.8, 4) is 0 Å². The molecule has 1 atom stereocenters. The molecular weight excluding hydrogens is 300 g/mol. The molecule has 1 aliphatic heterocycles. The van der Waals surface area contributed by atoms with Crippen molar-refractivity contribution in [2.45, 2.75) is 25.9 Å². The highest BCUT2D eigenvalue weighted by molar-refractivity contribution is 5.77. The Balaban J connectivity index is 1.52. The van der Waals surface area contributed by atoms with E-state index >= 15 is 0 Å². The van der Waals surface area contributed by atoms with Crippen molar-refractivity contribution in [1.82, 2.24) is 10.3 Å². The Morgan fingerprint density at radius 3 is 2.46 bits per heavy atom. The number of anilines is 1. The fraction of sp³-hybridized carbons (Fsp3) is 0.368. The molecule has 2 aromatic rings. The van der Waals surface area contributed by atoms with E-state index in [1.165, 1.54) is 16.8 Å². The second kappa shape index (κ2) is 7.93. The number of primary amides is 1. The minimum atomic E-state index is -0.184. The topological polar surface area (TPSA) is 71.2 Å². The number of rotatable bonds is 6. The third-order valence-electron chi connectivity index (χ3n) is 4.53. The van der Waals surface area contributed by atoms with Crippen molar-refractivity contribution in [1.29, 1.82) is 0 Å². The van der Waals surface area contributed by atoms with E-state index in [-0.39, 0.29) is 11.8 Å². The van der Waals surface area contributed by atoms with Gasteiger partial charge in [-0.2, -0.15) is 0 Å². The van der Waals surface area contributed by atoms with Crippen LogP contribution in [0.1, 0.15) is 24.0 Å². The SMILES string of the molecule is NC(=O)[C@H]1CCCN(c2ccc(CNCc3ccncc3)cc2)C1. The number of hydrogen-bond acceptors (Lipinski definition) is 4. The number of nitrogens with one attached hydrogen (secondary N) is 1. The third kappa shape index (κ3) is 4.32. The lowest BCUT2D eigenvalue weighted by Gasteiger charge is -2.33. The van der Waals surface area contributed by atoms with Crippen LogP contribution in [0.15, 0.2) is 48.8 Å². The Bertz CT molecular complexity index is 657. The molecule has 0 saturated carbocycles. The van der Waals surface area contributed by atoms with E-state index < -0.39 is 0 Å². The van der Waals surface area contributed by atoms with E-state index in [4.69, 9.17) is 5.73 Å². The van der Waals surface area contributed by atoms with Crippen LogP contribution in [-0.4, -0.2) is 24.0 Å². The van der Waals surface area contributed by atoms with Gasteiger partial charge in [0.2, 0.25) is 5.91 Å². The van der Waals surface area contributed by atoms with E-state index in [2.05, 4.69) is 39.5 Å². The maximum Gasteiger partial charge on any atom is 0.222 e. The summed E-state index contributed by atoms with van der Waals surface area (Å²) in [5, 5.41) is 3.44. The fourth-order valence-electron chi connectivity index (χ4n) is 3.12. The number of aromatic nitrogens is 1. The summed E-state index contributed by atoms with van der Waals surface area (Å²) in [5.41, 5.74) is 9.10. The summed E-state index contributed by atoms with van der Waals surface area (Å²) in [4.78, 5) is 17.7. The summed E-state index contributed by atoms with van der Waals surface area (Å²) in [6.45, 7) is 3.38. The van der Waals surface area contributed by atoms with E-state index in [1.807, 2.05) is 24.5 Å². The second-order valence-electron chi connectivity index (χ2n) is 6.31. The van der Waals surface area contributed by atoms with Crippen molar-refractivity contribution in [3.05, 3.63) is 59.9 Å². The van der Waals surface area contributed by atoms with Gasteiger partial charge in [-0.1, -0.05) is 12.1 Å². The first-order chi connectivity index (χ1) is 11.7. The van der Waals surface area contributed by atoms with Crippen LogP contribution >= 0.6 is 0 Å². The number of nitrogens with two attached hydrogens (primary N) is 1. The predicted octanol–water partition coefficient (Wildman–Crippen LogP) is 2.07. The normalized spacial score (nSPS) is 17.7. The maximum atomic E-state index is 11.4. The molecule has 2 heterocycles. The molecule has 1 amide bonds. The molecule has 3 rings (SSSR count). The Morgan fingerprint density at radius 2 is 1.79 bits per heavy atom. The second-order valence-corrected chi connectivity index (χ2v) is 6.31. The summed E-state index contributed by atoms with van der Waals surface area (Å²) in [5.74, 6) is -0.211. The average Bonchev–Trinajstić information content (AvgIpc) is 2.63. The van der Waals surface area contributed by atoms with Crippen LogP contribution in [0.25, 0.3) is 0 Å². The van der Waals surface area contributed by atoms with Gasteiger partial charge >= 0.3 is 0 Å². The van der Waals surface area contributed by atoms with Crippen molar-refractivity contribution in [2.24, 2.45) is 11.7 Å². The highest BCUT2D eigenvalue weighted by atomic mass is 16.1. The molecule has 1 aromatic heterocycles. The largest absolute Gasteiger partial charge is 0.371 e. The zero-order valence-electron chi connectivity index (χ0n) is 13.8. The van der Waals surface area contributed by atoms with Crippen LogP contribution in [0.4, 0.5) is 5.69 Å². The van der Waals surface area contributed by atoms with E-state index in [9.17, 15) is 4.79 Å². The van der Waals surface area contributed by atoms with Crippen LogP contribution in [0.5, 0.6) is 0 Å². The number of carbonyl (C=O) groups excluding carboxylic acids is 1. The van der Waals surface area contributed by atoms with Crippen molar-refractivity contribution in [3.63, 3.8) is 0 Å². The van der Waals surface area contributed by atoms with Gasteiger partial charge in [-0.05, 0) is 48.2 Å². The van der Waals surface area contributed by atoms with Gasteiger partial charge in [0.25, 0.3) is 0 Å². The number of nitrogens with zero attached hydrogens (tertiary/aromatic N) is 2. The highest BCUT2D eigenvalue weighted by Gasteiger charge is 2.23. The lowest BCUT2D eigenvalue weighted by atomic mass is 9.97. The van der Waals surface area contributed by atoms with Gasteiger partial charge in [-0.3, -0.25) is 9.78 Å². The Kier molecular flexibility index (Phi) is 5.43. The van der Waals surface area contributed by atoms with Crippen LogP contribution in [0, 0.1) is 5.92 Å². The van der Waals surface area contributed by atoms with Crippen LogP contribution < -0.4 is 16.0 Å². The minimum absolute atomic E-state index is 0.0274. The summed E-state index contributed by atoms with van der Waals surface area (Å²) >= 11 is 0. The van der Waals surface area contributed by atoms with Gasteiger partial charge in [0.15, 0.2) is 0 Å². The average molecular weight is 324 g/mol. The van der Waals surface area contributed by atoms with Gasteiger partial charge in [-0.15, -0.1) is 0 Å². The van der Waals surface area contributed by atoms with Crippen LogP contribution in [0.2, 0.25) is 0 Å². The molecule has 0 aliphatic carbocycles. The van der Waals surface area contributed by atoms with E-state index in [0.717, 1.165) is 39.0 Å². The van der Waals surface area contributed by atoms with Gasteiger partial charge in [0.05, 0.1) is 5.92 Å². The van der Waals surface area contributed by atoms with Crippen molar-refractivity contribution in [2.75, 3.05) is 18.0 Å². The molecule has 126 valence electrons. The molecule has 1 fully saturated rings. The molecule has 5 nitrogen and oxygen atoms in total. The number of hydrogen-bond donors (Lipinski definition) is 2. The Morgan fingerprint density at radius 1 is 1.12 bits per heavy atom. The van der Waals surface area contributed by atoms with Gasteiger partial charge in [-0.25, -0.2) is 0 Å². The highest BCUT2D eigenvalue weighted by Crippen LogP contribution is 2.23. The maximum absolute atomic E-state index is 11.4. The van der Waals surface area contributed by atoms with E-state index in [0.29, 0.717) is 0 Å². The molecule has 5 heteroatoms. The first-order valence-corrected chi connectivity index (χ1v) is 8.45. The predicted molar refractivity (Wildman–Crippen MR) is 95.4 cm³/mol. The number of pyridine rings is 1.